The van der Waals surface area contributed by atoms with Gasteiger partial charge in [-0.2, -0.15) is 0 Å². The van der Waals surface area contributed by atoms with Crippen LogP contribution >= 0.6 is 0 Å². The highest BCUT2D eigenvalue weighted by atomic mass is 19.1. The van der Waals surface area contributed by atoms with Crippen molar-refractivity contribution in [3.63, 3.8) is 0 Å². The Morgan fingerprint density at radius 2 is 1.85 bits per heavy atom. The van der Waals surface area contributed by atoms with Gasteiger partial charge in [0.05, 0.1) is 6.61 Å². The third-order valence-corrected chi connectivity index (χ3v) is 4.51. The van der Waals surface area contributed by atoms with Crippen molar-refractivity contribution in [1.82, 2.24) is 9.13 Å². The molecule has 2 heterocycles. The van der Waals surface area contributed by atoms with Gasteiger partial charge in [0.25, 0.3) is 5.56 Å². The summed E-state index contributed by atoms with van der Waals surface area (Å²) >= 11 is 0. The van der Waals surface area contributed by atoms with Gasteiger partial charge in [-0.1, -0.05) is 6.07 Å². The molecule has 0 bridgehead atoms. The van der Waals surface area contributed by atoms with Crippen molar-refractivity contribution in [3.8, 4) is 0 Å². The van der Waals surface area contributed by atoms with Crippen LogP contribution < -0.4 is 11.2 Å². The van der Waals surface area contributed by atoms with E-state index in [1.165, 1.54) is 6.07 Å². The van der Waals surface area contributed by atoms with Gasteiger partial charge in [0.15, 0.2) is 6.23 Å². The van der Waals surface area contributed by atoms with Crippen molar-refractivity contribution >= 4 is 0 Å². The van der Waals surface area contributed by atoms with Gasteiger partial charge in [0, 0.05) is 24.9 Å². The molecule has 27 heavy (non-hydrogen) atoms. The Kier molecular flexibility index (Phi) is 5.51. The van der Waals surface area contributed by atoms with E-state index in [0.29, 0.717) is 6.07 Å². The number of aromatic nitrogens is 2. The number of hydrogen-bond donors (Lipinski definition) is 3. The summed E-state index contributed by atoms with van der Waals surface area (Å²) in [4.78, 5) is 24.7. The van der Waals surface area contributed by atoms with Crippen LogP contribution in [0.1, 0.15) is 11.8 Å². The van der Waals surface area contributed by atoms with E-state index in [2.05, 4.69) is 0 Å². The Labute approximate surface area is 151 Å². The minimum Gasteiger partial charge on any atom is -0.394 e. The Hall–Kier alpha value is -2.40. The van der Waals surface area contributed by atoms with Crippen LogP contribution in [0, 0.1) is 11.6 Å². The number of aryl methyl sites for hydroxylation is 1. The summed E-state index contributed by atoms with van der Waals surface area (Å²) in [5.41, 5.74) is -1.35. The van der Waals surface area contributed by atoms with E-state index in [-0.39, 0.29) is 18.5 Å². The third kappa shape index (κ3) is 3.69. The summed E-state index contributed by atoms with van der Waals surface area (Å²) < 4.78 is 33.7. The summed E-state index contributed by atoms with van der Waals surface area (Å²) in [7, 11) is 0. The van der Waals surface area contributed by atoms with Gasteiger partial charge in [-0.3, -0.25) is 13.9 Å². The molecule has 0 aliphatic carbocycles. The second-order valence-electron chi connectivity index (χ2n) is 6.21. The van der Waals surface area contributed by atoms with E-state index in [0.717, 1.165) is 27.5 Å². The standard InChI is InChI=1S/C17H18F2N2O6/c18-10-2-1-9(11(19)7-10)3-5-20-13(23)4-6-21(17(20)26)16-15(25)14(24)12(8-22)27-16/h1-2,4,6-7,12,14-16,22,24-25H,3,5,8H2/t12-,14-,15-,16-/m1/s1. The van der Waals surface area contributed by atoms with Gasteiger partial charge in [-0.05, 0) is 18.1 Å². The minimum absolute atomic E-state index is 0.0404. The molecule has 1 aromatic heterocycles. The maximum absolute atomic E-state index is 13.7. The van der Waals surface area contributed by atoms with Gasteiger partial charge < -0.3 is 20.1 Å². The number of aliphatic hydroxyl groups excluding tert-OH is 3. The van der Waals surface area contributed by atoms with Crippen molar-refractivity contribution in [2.24, 2.45) is 0 Å². The number of rotatable bonds is 5. The first kappa shape index (κ1) is 19.4. The largest absolute Gasteiger partial charge is 0.394 e. The molecule has 0 spiro atoms. The highest BCUT2D eigenvalue weighted by molar-refractivity contribution is 5.18. The van der Waals surface area contributed by atoms with Crippen LogP contribution in [0.25, 0.3) is 0 Å². The molecule has 0 saturated carbocycles. The topological polar surface area (TPSA) is 114 Å². The average Bonchev–Trinajstić information content (AvgIpc) is 2.91. The summed E-state index contributed by atoms with van der Waals surface area (Å²) in [5, 5.41) is 29.0. The van der Waals surface area contributed by atoms with Gasteiger partial charge >= 0.3 is 5.69 Å². The number of halogens is 2. The maximum atomic E-state index is 13.7. The summed E-state index contributed by atoms with van der Waals surface area (Å²) in [6.45, 7) is -0.747. The number of ether oxygens (including phenoxy) is 1. The zero-order valence-corrected chi connectivity index (χ0v) is 14.0. The molecule has 1 saturated heterocycles. The Morgan fingerprint density at radius 3 is 2.48 bits per heavy atom. The number of hydrogen-bond acceptors (Lipinski definition) is 6. The van der Waals surface area contributed by atoms with Crippen LogP contribution in [0.3, 0.4) is 0 Å². The Bertz CT molecular complexity index is 944. The predicted molar refractivity (Wildman–Crippen MR) is 88.0 cm³/mol. The molecule has 10 heteroatoms. The molecule has 2 aromatic rings. The van der Waals surface area contributed by atoms with E-state index in [1.54, 1.807) is 0 Å². The van der Waals surface area contributed by atoms with E-state index in [1.807, 2.05) is 0 Å². The van der Waals surface area contributed by atoms with Crippen molar-refractivity contribution in [2.45, 2.75) is 37.5 Å². The molecule has 0 radical (unpaired) electrons. The lowest BCUT2D eigenvalue weighted by molar-refractivity contribution is -0.0556. The average molecular weight is 384 g/mol. The molecule has 0 unspecified atom stereocenters. The predicted octanol–water partition coefficient (Wildman–Crippen LogP) is -0.858. The monoisotopic (exact) mass is 384 g/mol. The van der Waals surface area contributed by atoms with E-state index in [4.69, 9.17) is 9.84 Å². The van der Waals surface area contributed by atoms with Crippen LogP contribution in [-0.2, 0) is 17.7 Å². The summed E-state index contributed by atoms with van der Waals surface area (Å²) in [6, 6.07) is 4.07. The number of aliphatic hydroxyl groups is 3. The molecule has 1 fully saturated rings. The molecule has 3 rings (SSSR count). The molecular weight excluding hydrogens is 366 g/mol. The lowest BCUT2D eigenvalue weighted by atomic mass is 10.1. The maximum Gasteiger partial charge on any atom is 0.333 e. The van der Waals surface area contributed by atoms with Gasteiger partial charge in [0.2, 0.25) is 0 Å². The van der Waals surface area contributed by atoms with Gasteiger partial charge in [-0.25, -0.2) is 13.6 Å². The smallest absolute Gasteiger partial charge is 0.333 e. The lowest BCUT2D eigenvalue weighted by Crippen LogP contribution is -2.43. The Morgan fingerprint density at radius 1 is 1.11 bits per heavy atom. The lowest BCUT2D eigenvalue weighted by Gasteiger charge is -2.18. The second-order valence-corrected chi connectivity index (χ2v) is 6.21. The summed E-state index contributed by atoms with van der Waals surface area (Å²) in [5.74, 6) is -1.53. The number of nitrogens with zero attached hydrogens (tertiary/aromatic N) is 2. The zero-order chi connectivity index (χ0) is 19.7. The molecule has 3 N–H and O–H groups in total. The molecule has 0 amide bonds. The van der Waals surface area contributed by atoms with Crippen LogP contribution in [-0.4, -0.2) is 49.4 Å². The minimum atomic E-state index is -1.49. The highest BCUT2D eigenvalue weighted by Crippen LogP contribution is 2.27. The third-order valence-electron chi connectivity index (χ3n) is 4.51. The first-order chi connectivity index (χ1) is 12.8. The van der Waals surface area contributed by atoms with Crippen molar-refractivity contribution in [3.05, 3.63) is 68.5 Å². The van der Waals surface area contributed by atoms with Crippen molar-refractivity contribution < 1.29 is 28.8 Å². The van der Waals surface area contributed by atoms with Crippen LogP contribution in [0.5, 0.6) is 0 Å². The fourth-order valence-electron chi connectivity index (χ4n) is 3.00. The Balaban J connectivity index is 1.88. The van der Waals surface area contributed by atoms with Crippen LogP contribution in [0.15, 0.2) is 40.1 Å². The molecular formula is C17H18F2N2O6. The normalized spacial score (nSPS) is 25.1. The first-order valence-corrected chi connectivity index (χ1v) is 8.22. The van der Waals surface area contributed by atoms with Crippen molar-refractivity contribution in [1.29, 1.82) is 0 Å². The quantitative estimate of drug-likeness (QED) is 0.618. The molecule has 4 atom stereocenters. The molecule has 1 aliphatic rings. The van der Waals surface area contributed by atoms with Gasteiger partial charge in [-0.15, -0.1) is 0 Å². The second kappa shape index (κ2) is 7.69. The van der Waals surface area contributed by atoms with E-state index < -0.39 is 54.0 Å². The van der Waals surface area contributed by atoms with Crippen molar-refractivity contribution in [2.75, 3.05) is 6.61 Å². The van der Waals surface area contributed by atoms with Crippen LogP contribution in [0.2, 0.25) is 0 Å². The molecule has 8 nitrogen and oxygen atoms in total. The van der Waals surface area contributed by atoms with E-state index in [9.17, 15) is 28.6 Å². The SMILES string of the molecule is O=c1ccn([C@@H]2O[C@H](CO)[C@@H](O)[C@H]2O)c(=O)n1CCc1ccc(F)cc1F. The summed E-state index contributed by atoms with van der Waals surface area (Å²) in [6.07, 6.45) is -4.19. The zero-order valence-electron chi connectivity index (χ0n) is 14.0. The van der Waals surface area contributed by atoms with E-state index >= 15 is 0 Å². The molecule has 1 aromatic carbocycles. The fourth-order valence-corrected chi connectivity index (χ4v) is 3.00. The van der Waals surface area contributed by atoms with Gasteiger partial charge in [0.1, 0.15) is 29.9 Å². The highest BCUT2D eigenvalue weighted by Gasteiger charge is 2.43. The van der Waals surface area contributed by atoms with Crippen LogP contribution in [0.4, 0.5) is 8.78 Å². The molecule has 1 aliphatic heterocycles. The number of benzene rings is 1. The molecule has 146 valence electrons. The first-order valence-electron chi connectivity index (χ1n) is 8.22. The fraction of sp³-hybridized carbons (Fsp3) is 0.412.